The van der Waals surface area contributed by atoms with Crippen molar-refractivity contribution < 1.29 is 29.0 Å². The van der Waals surface area contributed by atoms with Crippen molar-refractivity contribution in [3.05, 3.63) is 11.1 Å². The van der Waals surface area contributed by atoms with Crippen LogP contribution in [-0.4, -0.2) is 53.3 Å². The lowest BCUT2D eigenvalue weighted by atomic mass is 9.33. The van der Waals surface area contributed by atoms with Gasteiger partial charge in [-0.3, -0.25) is 19.2 Å². The van der Waals surface area contributed by atoms with Gasteiger partial charge in [0.2, 0.25) is 5.91 Å². The third-order valence-electron chi connectivity index (χ3n) is 15.9. The second kappa shape index (κ2) is 13.0. The molecule has 282 valence electrons. The molecular weight excluding hydrogens is 626 g/mol. The van der Waals surface area contributed by atoms with Crippen LogP contribution in [0.2, 0.25) is 0 Å². The zero-order valence-electron chi connectivity index (χ0n) is 33.6. The summed E-state index contributed by atoms with van der Waals surface area (Å²) in [5.41, 5.74) is 1.35. The van der Waals surface area contributed by atoms with Crippen LogP contribution in [-0.2, 0) is 23.9 Å². The molecule has 5 aliphatic rings. The number of carboxylic acid groups (broad SMARTS) is 1. The van der Waals surface area contributed by atoms with E-state index < -0.39 is 17.4 Å². The topological polar surface area (TPSA) is 101 Å². The van der Waals surface area contributed by atoms with Crippen molar-refractivity contribution in [2.75, 3.05) is 13.6 Å². The highest BCUT2D eigenvalue weighted by Gasteiger charge is 2.70. The number of carbonyl (C=O) groups is 4. The number of rotatable bonds is 10. The Hall–Kier alpha value is -2.18. The van der Waals surface area contributed by atoms with Crippen molar-refractivity contribution in [2.45, 2.75) is 159 Å². The smallest absolute Gasteiger partial charge is 0.309 e. The van der Waals surface area contributed by atoms with Gasteiger partial charge in [0, 0.05) is 37.3 Å². The van der Waals surface area contributed by atoms with Crippen LogP contribution in [0.25, 0.3) is 0 Å². The quantitative estimate of drug-likeness (QED) is 0.229. The monoisotopic (exact) mass is 696 g/mol. The molecule has 50 heavy (non-hydrogen) atoms. The fraction of sp³-hybridized carbons (Fsp3) is 0.860. The lowest BCUT2D eigenvalue weighted by molar-refractivity contribution is -0.233. The summed E-state index contributed by atoms with van der Waals surface area (Å²) in [7, 11) is 1.94. The molecule has 5 rings (SSSR count). The van der Waals surface area contributed by atoms with Crippen molar-refractivity contribution in [3.63, 3.8) is 0 Å². The maximum Gasteiger partial charge on any atom is 0.309 e. The van der Waals surface area contributed by atoms with Gasteiger partial charge in [-0.2, -0.15) is 0 Å². The van der Waals surface area contributed by atoms with Crippen LogP contribution >= 0.6 is 0 Å². The maximum absolute atomic E-state index is 14.0. The second-order valence-electron chi connectivity index (χ2n) is 20.3. The maximum atomic E-state index is 14.0. The number of hydrogen-bond donors (Lipinski definition) is 1. The van der Waals surface area contributed by atoms with Gasteiger partial charge in [-0.15, -0.1) is 0 Å². The van der Waals surface area contributed by atoms with Crippen LogP contribution in [0.5, 0.6) is 0 Å². The van der Waals surface area contributed by atoms with Gasteiger partial charge < -0.3 is 14.7 Å². The standard InChI is InChI=1S/C43H69NO6/c1-26(2)23-33(46)44(12)22-21-43-20-19-41(10)28(36(43)35(27(3)4)29(45)24-43)13-14-31-40(9)17-16-32(50-34(47)25-38(5,6)37(48)49)39(7,8)30(40)15-18-42(31,41)11/h26-28,30-32H,13-25H2,1-12H3,(H,48,49)/t28-,30?,31?,32+,40+,41-,42-,43-/m1/s1. The van der Waals surface area contributed by atoms with Crippen molar-refractivity contribution in [3.8, 4) is 0 Å². The number of Topliss-reactive ketones (excluding diaryl/α,β-unsaturated/α-hetero) is 1. The average molecular weight is 696 g/mol. The summed E-state index contributed by atoms with van der Waals surface area (Å²) in [6.45, 7) is 24.7. The number of ether oxygens (including phenoxy) is 1. The van der Waals surface area contributed by atoms with E-state index in [0.717, 1.165) is 63.4 Å². The molecule has 0 aromatic rings. The minimum atomic E-state index is -1.15. The SMILES string of the molecule is CC(C)CC(=O)N(C)CC[C@@]12CC[C@]3(C)[C@H](CCC4[C@@]5(C)CC[C@H](OC(=O)CC(C)(C)C(=O)O)C(C)(C)C5CC[C@]43C)C1=C(C(C)C)C(=O)C2. The van der Waals surface area contributed by atoms with E-state index in [-0.39, 0.29) is 51.4 Å². The van der Waals surface area contributed by atoms with Gasteiger partial charge in [0.15, 0.2) is 5.78 Å². The van der Waals surface area contributed by atoms with Gasteiger partial charge in [-0.05, 0) is 123 Å². The number of aliphatic carboxylic acids is 1. The number of carboxylic acids is 1. The molecule has 0 aromatic carbocycles. The summed E-state index contributed by atoms with van der Waals surface area (Å²) in [6.07, 6.45) is 10.1. The van der Waals surface area contributed by atoms with Gasteiger partial charge >= 0.3 is 11.9 Å². The Bertz CT molecular complexity index is 1420. The summed E-state index contributed by atoms with van der Waals surface area (Å²) in [4.78, 5) is 53.7. The number of nitrogens with zero attached hydrogens (tertiary/aromatic N) is 1. The van der Waals surface area contributed by atoms with Crippen LogP contribution in [0.15, 0.2) is 11.1 Å². The fourth-order valence-corrected chi connectivity index (χ4v) is 12.9. The van der Waals surface area contributed by atoms with E-state index in [1.165, 1.54) is 5.57 Å². The van der Waals surface area contributed by atoms with Gasteiger partial charge in [0.05, 0.1) is 11.8 Å². The van der Waals surface area contributed by atoms with Crippen molar-refractivity contribution in [1.29, 1.82) is 0 Å². The lowest BCUT2D eigenvalue weighted by Crippen LogP contribution is -2.65. The third-order valence-corrected chi connectivity index (χ3v) is 15.9. The Kier molecular flexibility index (Phi) is 10.2. The molecule has 0 saturated heterocycles. The highest BCUT2D eigenvalue weighted by Crippen LogP contribution is 2.77. The molecule has 0 spiro atoms. The molecule has 4 fully saturated rings. The first-order valence-electron chi connectivity index (χ1n) is 19.9. The predicted octanol–water partition coefficient (Wildman–Crippen LogP) is 9.27. The van der Waals surface area contributed by atoms with E-state index in [9.17, 15) is 24.3 Å². The fourth-order valence-electron chi connectivity index (χ4n) is 12.9. The molecule has 2 unspecified atom stereocenters. The van der Waals surface area contributed by atoms with Crippen molar-refractivity contribution in [2.24, 2.45) is 62.1 Å². The number of amides is 1. The van der Waals surface area contributed by atoms with Gasteiger partial charge in [0.1, 0.15) is 6.10 Å². The first-order valence-corrected chi connectivity index (χ1v) is 19.9. The van der Waals surface area contributed by atoms with Crippen LogP contribution < -0.4 is 0 Å². The minimum Gasteiger partial charge on any atom is -0.481 e. The van der Waals surface area contributed by atoms with Gasteiger partial charge in [-0.1, -0.05) is 67.9 Å². The van der Waals surface area contributed by atoms with E-state index in [0.29, 0.717) is 48.8 Å². The van der Waals surface area contributed by atoms with E-state index in [2.05, 4.69) is 62.3 Å². The zero-order chi connectivity index (χ0) is 37.4. The number of allylic oxidation sites excluding steroid dienone is 2. The number of fused-ring (bicyclic) bond motifs is 7. The number of ketones is 1. The Labute approximate surface area is 303 Å². The molecule has 1 amide bonds. The minimum absolute atomic E-state index is 0.0721. The average Bonchev–Trinajstić information content (AvgIpc) is 3.29. The molecule has 7 nitrogen and oxygen atoms in total. The number of esters is 1. The van der Waals surface area contributed by atoms with Crippen molar-refractivity contribution >= 4 is 23.6 Å². The molecule has 0 bridgehead atoms. The zero-order valence-corrected chi connectivity index (χ0v) is 33.6. The van der Waals surface area contributed by atoms with Crippen LogP contribution in [0.4, 0.5) is 0 Å². The van der Waals surface area contributed by atoms with Crippen LogP contribution in [0, 0.1) is 62.1 Å². The van der Waals surface area contributed by atoms with E-state index >= 15 is 0 Å². The Morgan fingerprint density at radius 2 is 1.56 bits per heavy atom. The van der Waals surface area contributed by atoms with E-state index in [1.807, 2.05) is 11.9 Å². The molecule has 0 radical (unpaired) electrons. The second-order valence-corrected chi connectivity index (χ2v) is 20.3. The molecule has 7 heteroatoms. The molecular formula is C43H69NO6. The normalized spacial score (nSPS) is 37.9. The summed E-state index contributed by atoms with van der Waals surface area (Å²) in [6, 6.07) is 0. The molecule has 0 aliphatic heterocycles. The van der Waals surface area contributed by atoms with Gasteiger partial charge in [-0.25, -0.2) is 0 Å². The Balaban J connectivity index is 1.42. The van der Waals surface area contributed by atoms with Crippen LogP contribution in [0.3, 0.4) is 0 Å². The Morgan fingerprint density at radius 1 is 0.900 bits per heavy atom. The number of carbonyl (C=O) groups excluding carboxylic acids is 3. The highest BCUT2D eigenvalue weighted by molar-refractivity contribution is 6.00. The molecule has 0 heterocycles. The number of hydrogen-bond acceptors (Lipinski definition) is 5. The lowest BCUT2D eigenvalue weighted by Gasteiger charge is -2.72. The first-order chi connectivity index (χ1) is 23.0. The summed E-state index contributed by atoms with van der Waals surface area (Å²) >= 11 is 0. The third kappa shape index (κ3) is 6.10. The Morgan fingerprint density at radius 3 is 2.16 bits per heavy atom. The van der Waals surface area contributed by atoms with Crippen LogP contribution in [0.1, 0.15) is 153 Å². The summed E-state index contributed by atoms with van der Waals surface area (Å²) < 4.78 is 6.16. The summed E-state index contributed by atoms with van der Waals surface area (Å²) in [5.74, 6) is 0.982. The first kappa shape index (κ1) is 39.0. The molecule has 0 aromatic heterocycles. The predicted molar refractivity (Wildman–Crippen MR) is 197 cm³/mol. The van der Waals surface area contributed by atoms with Crippen molar-refractivity contribution in [1.82, 2.24) is 4.90 Å². The van der Waals surface area contributed by atoms with Gasteiger partial charge in [0.25, 0.3) is 0 Å². The molecule has 4 saturated carbocycles. The van der Waals surface area contributed by atoms with E-state index in [1.54, 1.807) is 13.8 Å². The molecule has 8 atom stereocenters. The largest absolute Gasteiger partial charge is 0.481 e. The van der Waals surface area contributed by atoms with E-state index in [4.69, 9.17) is 4.74 Å². The molecule has 5 aliphatic carbocycles. The molecule has 1 N–H and O–H groups in total. The highest BCUT2D eigenvalue weighted by atomic mass is 16.5. The summed E-state index contributed by atoms with van der Waals surface area (Å²) in [5, 5.41) is 9.60.